The zero-order chi connectivity index (χ0) is 25.4. The van der Waals surface area contributed by atoms with Crippen LogP contribution >= 0.6 is 0 Å². The van der Waals surface area contributed by atoms with Gasteiger partial charge < -0.3 is 19.9 Å². The van der Waals surface area contributed by atoms with E-state index < -0.39 is 12.6 Å². The first-order chi connectivity index (χ1) is 17.2. The first-order valence-corrected chi connectivity index (χ1v) is 12.5. The number of aromatic nitrogens is 4. The second kappa shape index (κ2) is 9.76. The monoisotopic (exact) mass is 503 g/mol. The Balaban J connectivity index is 1.52. The fraction of sp³-hybridized carbons (Fsp3) is 0.560. The summed E-state index contributed by atoms with van der Waals surface area (Å²) in [5.74, 6) is 2.44. The van der Waals surface area contributed by atoms with Crippen LogP contribution in [0.2, 0.25) is 0 Å². The van der Waals surface area contributed by atoms with Crippen molar-refractivity contribution in [2.24, 2.45) is 5.92 Å². The predicted molar refractivity (Wildman–Crippen MR) is 133 cm³/mol. The lowest BCUT2D eigenvalue weighted by Gasteiger charge is -2.36. The summed E-state index contributed by atoms with van der Waals surface area (Å²) in [7, 11) is 1.98. The number of alkyl halides is 3. The molecule has 2 aromatic heterocycles. The molecule has 2 aliphatic rings. The maximum absolute atomic E-state index is 13.0. The highest BCUT2D eigenvalue weighted by Gasteiger charge is 2.32. The largest absolute Gasteiger partial charge is 0.486 e. The molecule has 5 rings (SSSR count). The minimum absolute atomic E-state index is 0.174. The molecule has 0 unspecified atom stereocenters. The van der Waals surface area contributed by atoms with Gasteiger partial charge >= 0.3 is 6.18 Å². The van der Waals surface area contributed by atoms with E-state index in [1.54, 1.807) is 16.6 Å². The van der Waals surface area contributed by atoms with Crippen LogP contribution in [0.3, 0.4) is 0 Å². The maximum Gasteiger partial charge on any atom is 0.393 e. The molecule has 3 aromatic rings. The van der Waals surface area contributed by atoms with E-state index in [4.69, 9.17) is 9.84 Å². The third kappa shape index (κ3) is 5.07. The standard InChI is InChI=1S/C25H32F3N7O/c1-16(2)29-15-17-7-9-34(10-8-17)24-21-20(33(3)11-12-36-21)23-31-30-22(35(23)32-24)19-6-4-5-18(13-19)14-25(26,27)28/h4-6,13,16-17,29H,7-12,14-15H2,1-3H3. The molecule has 194 valence electrons. The highest BCUT2D eigenvalue weighted by atomic mass is 19.4. The van der Waals surface area contributed by atoms with Crippen LogP contribution in [0, 0.1) is 5.92 Å². The maximum atomic E-state index is 13.0. The highest BCUT2D eigenvalue weighted by Crippen LogP contribution is 2.42. The van der Waals surface area contributed by atoms with E-state index in [0.29, 0.717) is 47.9 Å². The zero-order valence-corrected chi connectivity index (χ0v) is 20.8. The van der Waals surface area contributed by atoms with Crippen molar-refractivity contribution in [3.8, 4) is 17.1 Å². The van der Waals surface area contributed by atoms with Crippen molar-refractivity contribution in [1.29, 1.82) is 0 Å². The number of likely N-dealkylation sites (N-methyl/N-ethyl adjacent to an activating group) is 1. The number of piperidine rings is 1. The summed E-state index contributed by atoms with van der Waals surface area (Å²) in [6.07, 6.45) is -3.20. The van der Waals surface area contributed by atoms with E-state index in [-0.39, 0.29) is 5.56 Å². The molecule has 0 saturated carbocycles. The molecule has 11 heteroatoms. The van der Waals surface area contributed by atoms with Crippen molar-refractivity contribution in [3.05, 3.63) is 29.8 Å². The van der Waals surface area contributed by atoms with Crippen LogP contribution in [0.15, 0.2) is 24.3 Å². The van der Waals surface area contributed by atoms with Gasteiger partial charge in [0.25, 0.3) is 0 Å². The van der Waals surface area contributed by atoms with E-state index in [2.05, 4.69) is 39.2 Å². The third-order valence-electron chi connectivity index (χ3n) is 6.84. The molecule has 2 aliphatic heterocycles. The smallest absolute Gasteiger partial charge is 0.393 e. The molecule has 1 aromatic carbocycles. The van der Waals surface area contributed by atoms with E-state index in [0.717, 1.165) is 44.0 Å². The van der Waals surface area contributed by atoms with Crippen LogP contribution in [-0.4, -0.2) is 71.9 Å². The van der Waals surface area contributed by atoms with Crippen molar-refractivity contribution in [1.82, 2.24) is 25.1 Å². The molecule has 1 saturated heterocycles. The first-order valence-electron chi connectivity index (χ1n) is 12.5. The van der Waals surface area contributed by atoms with Gasteiger partial charge in [-0.1, -0.05) is 32.0 Å². The SMILES string of the molecule is CC(C)NCC1CCN(c2nn3c(-c4cccc(CC(F)(F)F)c4)nnc3c3c2OCCN3C)CC1. The third-order valence-corrected chi connectivity index (χ3v) is 6.84. The Morgan fingerprint density at radius 2 is 1.92 bits per heavy atom. The number of nitrogens with zero attached hydrogens (tertiary/aromatic N) is 6. The minimum Gasteiger partial charge on any atom is -0.486 e. The Morgan fingerprint density at radius 3 is 2.64 bits per heavy atom. The molecule has 0 bridgehead atoms. The van der Waals surface area contributed by atoms with Gasteiger partial charge in [-0.3, -0.25) is 0 Å². The topological polar surface area (TPSA) is 70.8 Å². The molecule has 0 spiro atoms. The summed E-state index contributed by atoms with van der Waals surface area (Å²) in [6, 6.07) is 6.80. The number of ether oxygens (including phenoxy) is 1. The summed E-state index contributed by atoms with van der Waals surface area (Å²) >= 11 is 0. The quantitative estimate of drug-likeness (QED) is 0.547. The van der Waals surface area contributed by atoms with Crippen molar-refractivity contribution in [2.45, 2.75) is 45.3 Å². The van der Waals surface area contributed by atoms with Crippen LogP contribution in [-0.2, 0) is 6.42 Å². The van der Waals surface area contributed by atoms with Gasteiger partial charge in [0.2, 0.25) is 5.65 Å². The van der Waals surface area contributed by atoms with Crippen LogP contribution in [0.5, 0.6) is 5.75 Å². The predicted octanol–water partition coefficient (Wildman–Crippen LogP) is 3.94. The van der Waals surface area contributed by atoms with E-state index in [1.165, 1.54) is 12.1 Å². The van der Waals surface area contributed by atoms with Gasteiger partial charge in [-0.05, 0) is 36.9 Å². The van der Waals surface area contributed by atoms with Gasteiger partial charge in [0.15, 0.2) is 17.4 Å². The second-order valence-electron chi connectivity index (χ2n) is 10.0. The Bertz CT molecular complexity index is 1220. The lowest BCUT2D eigenvalue weighted by Crippen LogP contribution is -2.40. The van der Waals surface area contributed by atoms with Crippen molar-refractivity contribution in [2.75, 3.05) is 49.6 Å². The van der Waals surface area contributed by atoms with Crippen LogP contribution < -0.4 is 19.9 Å². The summed E-state index contributed by atoms with van der Waals surface area (Å²) in [5, 5.41) is 17.2. The number of fused-ring (bicyclic) bond motifs is 3. The summed E-state index contributed by atoms with van der Waals surface area (Å²) in [4.78, 5) is 4.32. The average molecular weight is 504 g/mol. The number of hydrogen-bond acceptors (Lipinski definition) is 7. The van der Waals surface area contributed by atoms with Crippen LogP contribution in [0.25, 0.3) is 17.0 Å². The molecule has 4 heterocycles. The lowest BCUT2D eigenvalue weighted by atomic mass is 9.96. The number of benzene rings is 1. The Morgan fingerprint density at radius 1 is 1.14 bits per heavy atom. The van der Waals surface area contributed by atoms with Crippen molar-refractivity contribution in [3.63, 3.8) is 0 Å². The fourth-order valence-corrected chi connectivity index (χ4v) is 4.93. The van der Waals surface area contributed by atoms with Gasteiger partial charge in [0.05, 0.1) is 13.0 Å². The molecule has 0 aliphatic carbocycles. The zero-order valence-electron chi connectivity index (χ0n) is 20.8. The number of rotatable bonds is 6. The van der Waals surface area contributed by atoms with Gasteiger partial charge in [-0.25, -0.2) is 0 Å². The highest BCUT2D eigenvalue weighted by molar-refractivity contribution is 5.83. The van der Waals surface area contributed by atoms with Crippen LogP contribution in [0.4, 0.5) is 24.7 Å². The van der Waals surface area contributed by atoms with E-state index in [9.17, 15) is 13.2 Å². The summed E-state index contributed by atoms with van der Waals surface area (Å²) in [5.41, 5.74) is 2.05. The number of hydrogen-bond donors (Lipinski definition) is 1. The molecule has 8 nitrogen and oxygen atoms in total. The molecular formula is C25H32F3N7O. The first kappa shape index (κ1) is 24.6. The van der Waals surface area contributed by atoms with Crippen molar-refractivity contribution < 1.29 is 17.9 Å². The van der Waals surface area contributed by atoms with Gasteiger partial charge in [0.1, 0.15) is 12.3 Å². The Labute approximate surface area is 208 Å². The Hall–Kier alpha value is -3.08. The molecule has 1 fully saturated rings. The van der Waals surface area contributed by atoms with E-state index in [1.807, 2.05) is 7.05 Å². The van der Waals surface area contributed by atoms with Crippen LogP contribution in [0.1, 0.15) is 32.3 Å². The molecule has 0 atom stereocenters. The average Bonchev–Trinajstić information content (AvgIpc) is 3.25. The normalized spacial score (nSPS) is 17.1. The Kier molecular flexibility index (Phi) is 6.67. The number of halogens is 3. The lowest BCUT2D eigenvalue weighted by molar-refractivity contribution is -0.127. The van der Waals surface area contributed by atoms with E-state index >= 15 is 0 Å². The second-order valence-corrected chi connectivity index (χ2v) is 10.0. The van der Waals surface area contributed by atoms with Crippen molar-refractivity contribution >= 4 is 17.2 Å². The molecule has 0 amide bonds. The fourth-order valence-electron chi connectivity index (χ4n) is 4.93. The van der Waals surface area contributed by atoms with Gasteiger partial charge in [-0.2, -0.15) is 17.7 Å². The van der Waals surface area contributed by atoms with Gasteiger partial charge in [-0.15, -0.1) is 15.3 Å². The summed E-state index contributed by atoms with van der Waals surface area (Å²) < 4.78 is 46.8. The molecule has 36 heavy (non-hydrogen) atoms. The summed E-state index contributed by atoms with van der Waals surface area (Å²) in [6.45, 7) is 8.25. The molecular weight excluding hydrogens is 471 g/mol. The minimum atomic E-state index is -4.28. The number of anilines is 2. The molecule has 0 radical (unpaired) electrons. The molecule has 1 N–H and O–H groups in total. The number of nitrogens with one attached hydrogen (secondary N) is 1. The van der Waals surface area contributed by atoms with Gasteiger partial charge in [0, 0.05) is 31.7 Å².